The molecule has 110 valence electrons. The third kappa shape index (κ3) is 3.31. The summed E-state index contributed by atoms with van der Waals surface area (Å²) in [5.41, 5.74) is 1.02. The van der Waals surface area contributed by atoms with Gasteiger partial charge in [0.05, 0.1) is 15.7 Å². The Kier molecular flexibility index (Phi) is 4.37. The number of carbonyl (C=O) groups is 1. The lowest BCUT2D eigenvalue weighted by Gasteiger charge is -2.11. The highest BCUT2D eigenvalue weighted by molar-refractivity contribution is 9.10. The molecule has 0 atom stereocenters. The Morgan fingerprint density at radius 1 is 1.14 bits per heavy atom. The Morgan fingerprint density at radius 3 is 2.33 bits per heavy atom. The van der Waals surface area contributed by atoms with Gasteiger partial charge in [0.25, 0.3) is 5.91 Å². The lowest BCUT2D eigenvalue weighted by Crippen LogP contribution is -2.16. The summed E-state index contributed by atoms with van der Waals surface area (Å²) in [6.45, 7) is 0. The van der Waals surface area contributed by atoms with Crippen molar-refractivity contribution in [1.82, 2.24) is 4.57 Å². The van der Waals surface area contributed by atoms with E-state index in [1.165, 1.54) is 0 Å². The minimum absolute atomic E-state index is 0.223. The van der Waals surface area contributed by atoms with E-state index in [2.05, 4.69) is 37.2 Å². The molecule has 1 aromatic heterocycles. The van der Waals surface area contributed by atoms with Crippen molar-refractivity contribution in [1.29, 1.82) is 0 Å². The van der Waals surface area contributed by atoms with Crippen molar-refractivity contribution in [3.63, 3.8) is 0 Å². The Morgan fingerprint density at radius 2 is 1.76 bits per heavy atom. The maximum absolute atomic E-state index is 12.5. The van der Waals surface area contributed by atoms with Crippen LogP contribution in [0.15, 0.2) is 33.3 Å². The summed E-state index contributed by atoms with van der Waals surface area (Å²) < 4.78 is 3.63. The number of hydrogen-bond acceptors (Lipinski definition) is 1. The number of nitrogens with zero attached hydrogens (tertiary/aromatic N) is 1. The van der Waals surface area contributed by atoms with E-state index in [9.17, 15) is 4.79 Å². The van der Waals surface area contributed by atoms with E-state index >= 15 is 0 Å². The van der Waals surface area contributed by atoms with Gasteiger partial charge in [0.1, 0.15) is 5.69 Å². The Hall–Kier alpha value is -0.490. The van der Waals surface area contributed by atoms with E-state index in [0.717, 1.165) is 21.8 Å². The van der Waals surface area contributed by atoms with Crippen LogP contribution in [-0.2, 0) is 0 Å². The quantitative estimate of drug-likeness (QED) is 0.617. The largest absolute Gasteiger partial charge is 0.339 e. The molecule has 1 heterocycles. The first-order valence-corrected chi connectivity index (χ1v) is 8.63. The molecular weight excluding hydrogens is 443 g/mol. The van der Waals surface area contributed by atoms with E-state index in [4.69, 9.17) is 23.2 Å². The molecule has 1 amide bonds. The first-order valence-electron chi connectivity index (χ1n) is 6.29. The smallest absolute Gasteiger partial charge is 0.272 e. The van der Waals surface area contributed by atoms with Crippen LogP contribution in [0.4, 0.5) is 5.69 Å². The average molecular weight is 453 g/mol. The molecule has 0 spiro atoms. The molecule has 1 fully saturated rings. The normalized spacial score (nSPS) is 14.3. The topological polar surface area (TPSA) is 34.0 Å². The van der Waals surface area contributed by atoms with E-state index in [1.54, 1.807) is 18.2 Å². The highest BCUT2D eigenvalue weighted by Gasteiger charge is 2.28. The fourth-order valence-electron chi connectivity index (χ4n) is 2.12. The minimum Gasteiger partial charge on any atom is -0.339 e. The molecule has 7 heteroatoms. The monoisotopic (exact) mass is 450 g/mol. The second-order valence-corrected chi connectivity index (χ2v) is 7.53. The fourth-order valence-corrected chi connectivity index (χ4v) is 3.86. The third-order valence-corrected chi connectivity index (χ3v) is 4.72. The highest BCUT2D eigenvalue weighted by Crippen LogP contribution is 2.38. The van der Waals surface area contributed by atoms with Crippen LogP contribution in [0.1, 0.15) is 29.4 Å². The van der Waals surface area contributed by atoms with Crippen molar-refractivity contribution in [3.05, 3.63) is 49.1 Å². The van der Waals surface area contributed by atoms with Gasteiger partial charge in [0.2, 0.25) is 0 Å². The van der Waals surface area contributed by atoms with Crippen LogP contribution >= 0.6 is 55.1 Å². The number of hydrogen-bond donors (Lipinski definition) is 1. The third-order valence-electron chi connectivity index (χ3n) is 3.23. The molecule has 1 aromatic carbocycles. The number of aromatic nitrogens is 1. The van der Waals surface area contributed by atoms with Crippen molar-refractivity contribution in [3.8, 4) is 0 Å². The molecular formula is C14H10Br2Cl2N2O. The number of rotatable bonds is 3. The van der Waals surface area contributed by atoms with Crippen molar-refractivity contribution in [2.75, 3.05) is 5.32 Å². The molecule has 1 saturated carbocycles. The van der Waals surface area contributed by atoms with Crippen LogP contribution in [0.3, 0.4) is 0 Å². The zero-order chi connectivity index (χ0) is 15.1. The summed E-state index contributed by atoms with van der Waals surface area (Å²) in [6, 6.07) is 5.60. The SMILES string of the molecule is O=C(Nc1c(Cl)cc(Br)cc1Cl)c1cc(Br)cn1C1CC1. The highest BCUT2D eigenvalue weighted by atomic mass is 79.9. The molecule has 3 nitrogen and oxygen atoms in total. The second kappa shape index (κ2) is 5.95. The maximum atomic E-state index is 12.5. The fraction of sp³-hybridized carbons (Fsp3) is 0.214. The van der Waals surface area contributed by atoms with Crippen LogP contribution in [0.25, 0.3) is 0 Å². The first kappa shape index (κ1) is 15.4. The van der Waals surface area contributed by atoms with Crippen molar-refractivity contribution < 1.29 is 4.79 Å². The Labute approximate surface area is 148 Å². The van der Waals surface area contributed by atoms with Gasteiger partial charge in [0, 0.05) is 21.2 Å². The summed E-state index contributed by atoms with van der Waals surface area (Å²) >= 11 is 19.0. The summed E-state index contributed by atoms with van der Waals surface area (Å²) in [5, 5.41) is 3.58. The maximum Gasteiger partial charge on any atom is 0.272 e. The summed E-state index contributed by atoms with van der Waals surface area (Å²) in [6.07, 6.45) is 4.12. The van der Waals surface area contributed by atoms with Crippen LogP contribution in [0, 0.1) is 0 Å². The van der Waals surface area contributed by atoms with Crippen LogP contribution in [0.2, 0.25) is 10.0 Å². The zero-order valence-electron chi connectivity index (χ0n) is 10.7. The molecule has 0 bridgehead atoms. The molecule has 0 saturated heterocycles. The van der Waals surface area contributed by atoms with Gasteiger partial charge in [-0.1, -0.05) is 39.1 Å². The van der Waals surface area contributed by atoms with Gasteiger partial charge in [0.15, 0.2) is 0 Å². The van der Waals surface area contributed by atoms with Gasteiger partial charge < -0.3 is 9.88 Å². The van der Waals surface area contributed by atoms with E-state index in [-0.39, 0.29) is 5.91 Å². The van der Waals surface area contributed by atoms with Crippen molar-refractivity contribution in [2.24, 2.45) is 0 Å². The van der Waals surface area contributed by atoms with E-state index in [1.807, 2.05) is 10.8 Å². The summed E-state index contributed by atoms with van der Waals surface area (Å²) in [4.78, 5) is 12.5. The van der Waals surface area contributed by atoms with Gasteiger partial charge in [-0.15, -0.1) is 0 Å². The van der Waals surface area contributed by atoms with Gasteiger partial charge in [-0.3, -0.25) is 4.79 Å². The van der Waals surface area contributed by atoms with Crippen molar-refractivity contribution in [2.45, 2.75) is 18.9 Å². The number of anilines is 1. The second-order valence-electron chi connectivity index (χ2n) is 4.88. The molecule has 1 aliphatic rings. The molecule has 2 aromatic rings. The molecule has 0 radical (unpaired) electrons. The standard InChI is InChI=1S/C14H10Br2Cl2N2O/c15-7-3-10(17)13(11(18)4-7)19-14(21)12-5-8(16)6-20(12)9-1-2-9/h3-6,9H,1-2H2,(H,19,21). The van der Waals surface area contributed by atoms with Gasteiger partial charge in [-0.25, -0.2) is 0 Å². The number of halogens is 4. The van der Waals surface area contributed by atoms with E-state index < -0.39 is 0 Å². The molecule has 3 rings (SSSR count). The number of nitrogens with one attached hydrogen (secondary N) is 1. The molecule has 1 N–H and O–H groups in total. The number of carbonyl (C=O) groups excluding carboxylic acids is 1. The summed E-state index contributed by atoms with van der Waals surface area (Å²) in [5.74, 6) is -0.223. The van der Waals surface area contributed by atoms with Gasteiger partial charge >= 0.3 is 0 Å². The molecule has 1 aliphatic carbocycles. The lowest BCUT2D eigenvalue weighted by molar-refractivity contribution is 0.101. The van der Waals surface area contributed by atoms with E-state index in [0.29, 0.717) is 27.5 Å². The average Bonchev–Trinajstić information content (AvgIpc) is 3.16. The lowest BCUT2D eigenvalue weighted by atomic mass is 10.3. The van der Waals surface area contributed by atoms with Gasteiger partial charge in [-0.2, -0.15) is 0 Å². The molecule has 0 unspecified atom stereocenters. The predicted molar refractivity (Wildman–Crippen MR) is 92.5 cm³/mol. The van der Waals surface area contributed by atoms with Crippen LogP contribution in [0.5, 0.6) is 0 Å². The molecule has 21 heavy (non-hydrogen) atoms. The van der Waals surface area contributed by atoms with Crippen LogP contribution < -0.4 is 5.32 Å². The van der Waals surface area contributed by atoms with Crippen LogP contribution in [-0.4, -0.2) is 10.5 Å². The first-order chi connectivity index (χ1) is 9.95. The zero-order valence-corrected chi connectivity index (χ0v) is 15.4. The van der Waals surface area contributed by atoms with Crippen molar-refractivity contribution >= 4 is 66.7 Å². The van der Waals surface area contributed by atoms with Gasteiger partial charge in [-0.05, 0) is 47.0 Å². The minimum atomic E-state index is -0.223. The Balaban J connectivity index is 1.90. The Bertz CT molecular complexity index is 703. The number of benzene rings is 1. The number of amides is 1. The summed E-state index contributed by atoms with van der Waals surface area (Å²) in [7, 11) is 0. The molecule has 0 aliphatic heterocycles. The predicted octanol–water partition coefficient (Wildman–Crippen LogP) is 5.91.